The first-order valence-corrected chi connectivity index (χ1v) is 31.6. The van der Waals surface area contributed by atoms with Gasteiger partial charge in [0.25, 0.3) is 0 Å². The van der Waals surface area contributed by atoms with Crippen LogP contribution in [0, 0.1) is 45.3 Å². The molecule has 8 aromatic rings. The topological polar surface area (TPSA) is 269 Å². The summed E-state index contributed by atoms with van der Waals surface area (Å²) in [6.07, 6.45) is 29.7. The van der Waals surface area contributed by atoms with Crippen LogP contribution in [0.1, 0.15) is 22.3 Å². The molecule has 0 amide bonds. The molecule has 0 aliphatic carbocycles. The van der Waals surface area contributed by atoms with E-state index in [0.29, 0.717) is 34.2 Å². The van der Waals surface area contributed by atoms with Crippen LogP contribution >= 0.6 is 0 Å². The van der Waals surface area contributed by atoms with Crippen molar-refractivity contribution in [2.75, 3.05) is 132 Å². The van der Waals surface area contributed by atoms with Crippen LogP contribution in [-0.2, 0) is 56.8 Å². The molecular formula is C76H76N8O12. The van der Waals surface area contributed by atoms with Gasteiger partial charge in [0.2, 0.25) is 0 Å². The smallest absolute Gasteiger partial charge is 0.137 e. The molecule has 0 bridgehead atoms. The summed E-state index contributed by atoms with van der Waals surface area (Å²) in [5.41, 5.74) is 9.39. The fraction of sp³-hybridized carbons (Fsp3) is 0.263. The number of nitrogens with zero attached hydrogens (tertiary/aromatic N) is 4. The predicted molar refractivity (Wildman–Crippen MR) is 369 cm³/mol. The number of hydrogen-bond donors (Lipinski definition) is 4. The van der Waals surface area contributed by atoms with E-state index in [4.69, 9.17) is 56.8 Å². The molecule has 4 aromatic heterocycles. The van der Waals surface area contributed by atoms with Crippen molar-refractivity contribution in [3.63, 3.8) is 0 Å². The lowest BCUT2D eigenvalue weighted by molar-refractivity contribution is -0.0334. The van der Waals surface area contributed by atoms with Gasteiger partial charge in [-0.15, -0.1) is 0 Å². The summed E-state index contributed by atoms with van der Waals surface area (Å²) < 4.78 is 61.5. The molecular weight excluding hydrogens is 1220 g/mol. The Kier molecular flexibility index (Phi) is 29.1. The Morgan fingerprint density at radius 3 is 0.635 bits per heavy atom. The van der Waals surface area contributed by atoms with E-state index >= 15 is 0 Å². The van der Waals surface area contributed by atoms with Gasteiger partial charge in [0.15, 0.2) is 0 Å². The summed E-state index contributed by atoms with van der Waals surface area (Å²) >= 11 is 0. The molecule has 15 rings (SSSR count). The molecule has 4 aromatic carbocycles. The normalized spacial score (nSPS) is 16.9. The summed E-state index contributed by atoms with van der Waals surface area (Å²) in [7, 11) is 0. The van der Waals surface area contributed by atoms with Crippen molar-refractivity contribution < 1.29 is 56.8 Å². The average molecular weight is 1290 g/mol. The van der Waals surface area contributed by atoms with E-state index in [0.717, 1.165) is 198 Å². The SMILES string of the molecule is C1COCCO1.C1COCCO1.C1COCCO1.C1COCCO1.C1COCCO1.N#CC(C#N)=C1C=C(/C=C/c2c[nH]c3ccccc23)OC(/C=C/c2c[nH]c3ccccc23)=C1.N#CC(C#N)=C1C=C(/C=C/c2c[nH]c3ccccc23)OC(/C=C/c2c[nH]c3ccccc23)=C1. The van der Waals surface area contributed by atoms with Gasteiger partial charge in [0, 0.05) is 79.5 Å². The van der Waals surface area contributed by atoms with E-state index < -0.39 is 0 Å². The Balaban J connectivity index is 0.000000157. The second-order valence-corrected chi connectivity index (χ2v) is 21.1. The molecule has 20 nitrogen and oxygen atoms in total. The Hall–Kier alpha value is -10.4. The molecule has 0 spiro atoms. The molecule has 96 heavy (non-hydrogen) atoms. The van der Waals surface area contributed by atoms with Crippen molar-refractivity contribution in [1.29, 1.82) is 21.0 Å². The summed E-state index contributed by atoms with van der Waals surface area (Å²) in [5, 5.41) is 41.9. The van der Waals surface area contributed by atoms with Crippen LogP contribution in [0.15, 0.2) is 216 Å². The van der Waals surface area contributed by atoms with Crippen molar-refractivity contribution in [1.82, 2.24) is 19.9 Å². The van der Waals surface area contributed by atoms with Gasteiger partial charge in [-0.3, -0.25) is 0 Å². The largest absolute Gasteiger partial charge is 0.457 e. The van der Waals surface area contributed by atoms with Crippen LogP contribution < -0.4 is 0 Å². The van der Waals surface area contributed by atoms with Crippen molar-refractivity contribution in [2.24, 2.45) is 0 Å². The van der Waals surface area contributed by atoms with Gasteiger partial charge in [-0.1, -0.05) is 72.8 Å². The summed E-state index contributed by atoms with van der Waals surface area (Å²) in [6.45, 7) is 15.6. The second-order valence-electron chi connectivity index (χ2n) is 21.1. The quantitative estimate of drug-likeness (QED) is 0.103. The number of fused-ring (bicyclic) bond motifs is 4. The molecule has 5 saturated heterocycles. The number of aromatic nitrogens is 4. The Morgan fingerprint density at radius 2 is 0.458 bits per heavy atom. The van der Waals surface area contributed by atoms with Crippen molar-refractivity contribution >= 4 is 67.9 Å². The number of aromatic amines is 4. The van der Waals surface area contributed by atoms with Gasteiger partial charge in [-0.05, 0) is 119 Å². The molecule has 0 atom stereocenters. The van der Waals surface area contributed by atoms with E-state index in [1.54, 1.807) is 24.3 Å². The highest BCUT2D eigenvalue weighted by Crippen LogP contribution is 2.30. The molecule has 0 unspecified atom stereocenters. The zero-order valence-electron chi connectivity index (χ0n) is 53.3. The van der Waals surface area contributed by atoms with E-state index in [9.17, 15) is 21.0 Å². The lowest BCUT2D eigenvalue weighted by Crippen LogP contribution is -2.16. The van der Waals surface area contributed by atoms with Crippen LogP contribution in [0.5, 0.6) is 0 Å². The van der Waals surface area contributed by atoms with E-state index in [1.165, 1.54) is 0 Å². The van der Waals surface area contributed by atoms with Crippen LogP contribution in [0.25, 0.3) is 67.9 Å². The standard InChI is InChI=1S/2C28H18N4O.5C4H8O2/c2*29-15-22(16-30)21-13-23(11-9-19-17-31-27-7-3-1-5-25(19)27)33-24(14-21)12-10-20-18-32-28-8-4-2-6-26(20)28;5*1-2-6-4-3-5-1/h2*1-14,17-18,31-32H;5*1-4H2/b2*11-9+,12-10+;;;;;. The van der Waals surface area contributed by atoms with Gasteiger partial charge in [-0.2, -0.15) is 21.0 Å². The van der Waals surface area contributed by atoms with E-state index in [-0.39, 0.29) is 11.1 Å². The Bertz CT molecular complexity index is 3680. The molecule has 7 aliphatic heterocycles. The molecule has 11 heterocycles. The number of benzene rings is 4. The number of H-pyrrole nitrogens is 4. The molecule has 0 radical (unpaired) electrons. The first-order chi connectivity index (χ1) is 47.5. The first kappa shape index (κ1) is 69.9. The summed E-state index contributed by atoms with van der Waals surface area (Å²) in [5.74, 6) is 2.16. The third kappa shape index (κ3) is 22.4. The monoisotopic (exact) mass is 1290 g/mol. The highest BCUT2D eigenvalue weighted by molar-refractivity contribution is 5.92. The minimum atomic E-state index is 0.0364. The molecule has 5 fully saturated rings. The van der Waals surface area contributed by atoms with Gasteiger partial charge >= 0.3 is 0 Å². The summed E-state index contributed by atoms with van der Waals surface area (Å²) in [6, 6.07) is 40.0. The van der Waals surface area contributed by atoms with Crippen molar-refractivity contribution in [3.8, 4) is 24.3 Å². The number of rotatable bonds is 8. The van der Waals surface area contributed by atoms with Crippen LogP contribution in [0.3, 0.4) is 0 Å². The maximum absolute atomic E-state index is 9.37. The first-order valence-electron chi connectivity index (χ1n) is 31.6. The third-order valence-corrected chi connectivity index (χ3v) is 14.6. The molecule has 4 N–H and O–H groups in total. The molecule has 0 saturated carbocycles. The highest BCUT2D eigenvalue weighted by Gasteiger charge is 2.15. The lowest BCUT2D eigenvalue weighted by atomic mass is 10.0. The fourth-order valence-electron chi connectivity index (χ4n) is 9.83. The number of para-hydroxylation sites is 4. The van der Waals surface area contributed by atoms with E-state index in [2.05, 4.69) is 19.9 Å². The van der Waals surface area contributed by atoms with Gasteiger partial charge in [0.05, 0.1) is 132 Å². The van der Waals surface area contributed by atoms with Gasteiger partial charge in [-0.25, -0.2) is 0 Å². The minimum Gasteiger partial charge on any atom is -0.457 e. The molecule has 20 heteroatoms. The maximum atomic E-state index is 9.37. The number of allylic oxidation sites excluding steroid dienone is 12. The highest BCUT2D eigenvalue weighted by atomic mass is 16.6. The lowest BCUT2D eigenvalue weighted by Gasteiger charge is -2.14. The fourth-order valence-corrected chi connectivity index (χ4v) is 9.83. The molecule has 7 aliphatic rings. The Labute approximate surface area is 557 Å². The van der Waals surface area contributed by atoms with Gasteiger partial charge < -0.3 is 76.8 Å². The summed E-state index contributed by atoms with van der Waals surface area (Å²) in [4.78, 5) is 13.0. The van der Waals surface area contributed by atoms with Crippen LogP contribution in [0.2, 0.25) is 0 Å². The number of hydrogen-bond acceptors (Lipinski definition) is 16. The predicted octanol–water partition coefficient (Wildman–Crippen LogP) is 13.2. The third-order valence-electron chi connectivity index (χ3n) is 14.6. The van der Waals surface area contributed by atoms with E-state index in [1.807, 2.05) is 195 Å². The van der Waals surface area contributed by atoms with Gasteiger partial charge in [0.1, 0.15) is 58.5 Å². The van der Waals surface area contributed by atoms with Crippen LogP contribution in [-0.4, -0.2) is 152 Å². The number of nitriles is 4. The Morgan fingerprint density at radius 1 is 0.271 bits per heavy atom. The maximum Gasteiger partial charge on any atom is 0.137 e. The zero-order valence-corrected chi connectivity index (χ0v) is 53.3. The van der Waals surface area contributed by atoms with Crippen LogP contribution in [0.4, 0.5) is 0 Å². The molecule has 492 valence electrons. The minimum absolute atomic E-state index is 0.0364. The number of nitrogens with one attached hydrogen (secondary N) is 4. The van der Waals surface area contributed by atoms with Crippen molar-refractivity contribution in [2.45, 2.75) is 0 Å². The second kappa shape index (κ2) is 40.0. The van der Waals surface area contributed by atoms with Crippen molar-refractivity contribution in [3.05, 3.63) is 238 Å². The average Bonchev–Trinajstić information content (AvgIpc) is 1.17. The zero-order chi connectivity index (χ0) is 66.5. The number of ether oxygens (including phenoxy) is 12.